The molecule has 8 nitrogen and oxygen atoms in total. The van der Waals surface area contributed by atoms with Gasteiger partial charge in [-0.25, -0.2) is 21.2 Å². The predicted molar refractivity (Wildman–Crippen MR) is 109 cm³/mol. The van der Waals surface area contributed by atoms with Crippen LogP contribution in [0.1, 0.15) is 5.56 Å². The zero-order valence-corrected chi connectivity index (χ0v) is 18.7. The Kier molecular flexibility index (Phi) is 6.38. The van der Waals surface area contributed by atoms with E-state index >= 15 is 0 Å². The summed E-state index contributed by atoms with van der Waals surface area (Å²) >= 11 is 11.6. The van der Waals surface area contributed by atoms with Gasteiger partial charge in [-0.15, -0.1) is 0 Å². The Hall–Kier alpha value is -1.78. The Morgan fingerprint density at radius 1 is 1.16 bits per heavy atom. The van der Waals surface area contributed by atoms with Gasteiger partial charge in [0.25, 0.3) is 0 Å². The van der Waals surface area contributed by atoms with E-state index in [2.05, 4.69) is 0 Å². The third kappa shape index (κ3) is 4.17. The highest BCUT2D eigenvalue weighted by Gasteiger charge is 2.55. The molecule has 0 saturated carbocycles. The maximum Gasteiger partial charge on any atom is 0.244 e. The lowest BCUT2D eigenvalue weighted by atomic mass is 10.1. The minimum atomic E-state index is -4.48. The molecule has 0 unspecified atom stereocenters. The molecule has 1 saturated heterocycles. The highest BCUT2D eigenvalue weighted by Crippen LogP contribution is 2.36. The second-order valence-corrected chi connectivity index (χ2v) is 11.8. The van der Waals surface area contributed by atoms with E-state index < -0.39 is 66.0 Å². The maximum absolute atomic E-state index is 13.8. The minimum Gasteiger partial charge on any atom is -0.393 e. The van der Waals surface area contributed by atoms with E-state index in [9.17, 15) is 31.4 Å². The van der Waals surface area contributed by atoms with Crippen molar-refractivity contribution in [3.05, 3.63) is 57.8 Å². The minimum absolute atomic E-state index is 0.113. The Morgan fingerprint density at radius 2 is 1.84 bits per heavy atom. The van der Waals surface area contributed by atoms with Gasteiger partial charge in [0.15, 0.2) is 9.84 Å². The average molecular weight is 509 g/mol. The first-order valence-corrected chi connectivity index (χ1v) is 12.3. The number of sulfonamides is 1. The fourth-order valence-corrected chi connectivity index (χ4v) is 7.49. The number of rotatable bonds is 5. The van der Waals surface area contributed by atoms with Crippen molar-refractivity contribution in [3.8, 4) is 6.07 Å². The summed E-state index contributed by atoms with van der Waals surface area (Å²) in [5, 5.41) is 27.0. The Bertz CT molecular complexity index is 1300. The molecule has 1 heterocycles. The number of β-amino-alcohol motifs (C(OH)–C–C–N with tert-alkyl or cyclic N) is 1. The molecule has 0 radical (unpaired) electrons. The Labute approximate surface area is 188 Å². The van der Waals surface area contributed by atoms with Crippen molar-refractivity contribution in [1.82, 2.24) is 4.31 Å². The molecule has 2 aromatic carbocycles. The first kappa shape index (κ1) is 23.9. The molecule has 2 N–H and O–H groups in total. The van der Waals surface area contributed by atoms with Crippen LogP contribution in [0, 0.1) is 17.1 Å². The second kappa shape index (κ2) is 8.29. The highest BCUT2D eigenvalue weighted by molar-refractivity contribution is 7.92. The number of hydrogen-bond acceptors (Lipinski definition) is 7. The number of aliphatic hydroxyl groups is 2. The Balaban J connectivity index is 2.04. The standard InChI is InChI=1S/C18H15Cl2FN2O6S2/c19-13-3-2-12(6-15(13)21)30(26,27)17-8-23(9-18(17,25)10-24)31(28,29)16-4-1-11(7-22)5-14(16)20/h1-6,17,24-25H,8-10H2/t17-,18+/m0/s1. The largest absolute Gasteiger partial charge is 0.393 e. The topological polar surface area (TPSA) is 136 Å². The molecule has 1 fully saturated rings. The monoisotopic (exact) mass is 508 g/mol. The van der Waals surface area contributed by atoms with Gasteiger partial charge in [0.1, 0.15) is 21.6 Å². The molecule has 2 atom stereocenters. The highest BCUT2D eigenvalue weighted by atomic mass is 35.5. The van der Waals surface area contributed by atoms with Gasteiger partial charge >= 0.3 is 0 Å². The van der Waals surface area contributed by atoms with Crippen LogP contribution < -0.4 is 0 Å². The first-order valence-electron chi connectivity index (χ1n) is 8.59. The van der Waals surface area contributed by atoms with E-state index in [1.807, 2.05) is 0 Å². The normalized spacial score (nSPS) is 22.4. The third-order valence-electron chi connectivity index (χ3n) is 4.97. The van der Waals surface area contributed by atoms with Crippen molar-refractivity contribution in [2.45, 2.75) is 20.6 Å². The van der Waals surface area contributed by atoms with Crippen molar-refractivity contribution in [2.24, 2.45) is 0 Å². The summed E-state index contributed by atoms with van der Waals surface area (Å²) in [6.07, 6.45) is 0. The molecule has 0 amide bonds. The molecule has 1 aliphatic heterocycles. The lowest BCUT2D eigenvalue weighted by molar-refractivity contribution is 0.00159. The van der Waals surface area contributed by atoms with Gasteiger partial charge in [-0.05, 0) is 36.4 Å². The number of halogens is 3. The van der Waals surface area contributed by atoms with Crippen molar-refractivity contribution in [1.29, 1.82) is 5.26 Å². The fourth-order valence-electron chi connectivity index (χ4n) is 3.29. The van der Waals surface area contributed by atoms with E-state index in [4.69, 9.17) is 28.5 Å². The zero-order valence-electron chi connectivity index (χ0n) is 15.5. The van der Waals surface area contributed by atoms with Crippen LogP contribution in [-0.2, 0) is 19.9 Å². The van der Waals surface area contributed by atoms with E-state index in [1.165, 1.54) is 6.07 Å². The fraction of sp³-hybridized carbons (Fsp3) is 0.278. The van der Waals surface area contributed by atoms with Gasteiger partial charge in [0.2, 0.25) is 10.0 Å². The van der Waals surface area contributed by atoms with Crippen LogP contribution in [0.15, 0.2) is 46.2 Å². The molecule has 13 heteroatoms. The molecular weight excluding hydrogens is 494 g/mol. The SMILES string of the molecule is N#Cc1ccc(S(=O)(=O)N2C[C@H](S(=O)(=O)c3ccc(Cl)c(F)c3)[C@](O)(CO)C2)c(Cl)c1. The lowest BCUT2D eigenvalue weighted by Crippen LogP contribution is -2.49. The average Bonchev–Trinajstić information content (AvgIpc) is 3.09. The quantitative estimate of drug-likeness (QED) is 0.625. The number of hydrogen-bond donors (Lipinski definition) is 2. The number of nitriles is 1. The summed E-state index contributed by atoms with van der Waals surface area (Å²) in [7, 11) is -8.89. The van der Waals surface area contributed by atoms with Crippen LogP contribution in [-0.4, -0.2) is 61.9 Å². The molecular formula is C18H15Cl2FN2O6S2. The van der Waals surface area contributed by atoms with Crippen LogP contribution in [0.2, 0.25) is 10.0 Å². The van der Waals surface area contributed by atoms with E-state index in [0.717, 1.165) is 24.3 Å². The molecule has 31 heavy (non-hydrogen) atoms. The zero-order chi connectivity index (χ0) is 23.2. The van der Waals surface area contributed by atoms with E-state index in [0.29, 0.717) is 10.4 Å². The summed E-state index contributed by atoms with van der Waals surface area (Å²) in [5.41, 5.74) is -2.25. The molecule has 0 aromatic heterocycles. The summed E-state index contributed by atoms with van der Waals surface area (Å²) in [4.78, 5) is -0.925. The van der Waals surface area contributed by atoms with Gasteiger partial charge < -0.3 is 10.2 Å². The molecule has 2 aromatic rings. The van der Waals surface area contributed by atoms with Crippen LogP contribution in [0.25, 0.3) is 0 Å². The number of benzene rings is 2. The van der Waals surface area contributed by atoms with Crippen LogP contribution >= 0.6 is 23.2 Å². The van der Waals surface area contributed by atoms with Crippen LogP contribution in [0.5, 0.6) is 0 Å². The van der Waals surface area contributed by atoms with Crippen molar-refractivity contribution < 1.29 is 31.4 Å². The van der Waals surface area contributed by atoms with E-state index in [1.54, 1.807) is 6.07 Å². The van der Waals surface area contributed by atoms with Crippen molar-refractivity contribution >= 4 is 43.1 Å². The second-order valence-electron chi connectivity index (χ2n) is 6.93. The Morgan fingerprint density at radius 3 is 2.39 bits per heavy atom. The summed E-state index contributed by atoms with van der Waals surface area (Å²) in [6.45, 7) is -2.54. The van der Waals surface area contributed by atoms with Gasteiger partial charge in [-0.2, -0.15) is 9.57 Å². The summed E-state index contributed by atoms with van der Waals surface area (Å²) < 4.78 is 66.7. The van der Waals surface area contributed by atoms with Gasteiger partial charge in [-0.1, -0.05) is 23.2 Å². The maximum atomic E-state index is 13.8. The summed E-state index contributed by atoms with van der Waals surface area (Å²) in [6, 6.07) is 7.94. The van der Waals surface area contributed by atoms with Gasteiger partial charge in [0, 0.05) is 13.1 Å². The molecule has 0 bridgehead atoms. The first-order chi connectivity index (χ1) is 14.4. The predicted octanol–water partition coefficient (Wildman–Crippen LogP) is 1.57. The van der Waals surface area contributed by atoms with Gasteiger partial charge in [0.05, 0.1) is 33.2 Å². The molecule has 0 aliphatic carbocycles. The van der Waals surface area contributed by atoms with Crippen LogP contribution in [0.3, 0.4) is 0 Å². The molecule has 3 rings (SSSR count). The van der Waals surface area contributed by atoms with E-state index in [-0.39, 0.29) is 15.6 Å². The van der Waals surface area contributed by atoms with Gasteiger partial charge in [-0.3, -0.25) is 0 Å². The van der Waals surface area contributed by atoms with Crippen LogP contribution in [0.4, 0.5) is 4.39 Å². The molecule has 0 spiro atoms. The van der Waals surface area contributed by atoms with Crippen molar-refractivity contribution in [3.63, 3.8) is 0 Å². The number of sulfone groups is 1. The molecule has 1 aliphatic rings. The molecule has 166 valence electrons. The third-order valence-corrected chi connectivity index (χ3v) is 9.81. The number of nitrogens with zero attached hydrogens (tertiary/aromatic N) is 2. The number of aliphatic hydroxyl groups excluding tert-OH is 1. The van der Waals surface area contributed by atoms with Crippen molar-refractivity contribution in [2.75, 3.05) is 19.7 Å². The lowest BCUT2D eigenvalue weighted by Gasteiger charge is -2.26. The smallest absolute Gasteiger partial charge is 0.244 e. The summed E-state index contributed by atoms with van der Waals surface area (Å²) in [5.74, 6) is -1.01.